The van der Waals surface area contributed by atoms with Crippen molar-refractivity contribution in [3.8, 4) is 11.5 Å². The van der Waals surface area contributed by atoms with Gasteiger partial charge < -0.3 is 9.84 Å². The standard InChI is InChI=1S/C18H12Br2N2O3S2/c1-25-15-5-2-10(6-13(15)20)7-16-17(24)22(18(26)27-16)21-9-11-8-12(19)3-4-14(11)23/h2-9,23H,1H3. The molecule has 2 aromatic rings. The Morgan fingerprint density at radius 2 is 2.04 bits per heavy atom. The number of hydrogen-bond acceptors (Lipinski definition) is 6. The number of carbonyl (C=O) groups excluding carboxylic acids is 1. The summed E-state index contributed by atoms with van der Waals surface area (Å²) in [6.45, 7) is 0. The van der Waals surface area contributed by atoms with Crippen molar-refractivity contribution < 1.29 is 14.6 Å². The first-order chi connectivity index (χ1) is 12.9. The van der Waals surface area contributed by atoms with Gasteiger partial charge in [-0.3, -0.25) is 4.79 Å². The number of aromatic hydroxyl groups is 1. The average molecular weight is 528 g/mol. The lowest BCUT2D eigenvalue weighted by Gasteiger charge is -2.07. The van der Waals surface area contributed by atoms with Crippen molar-refractivity contribution in [1.82, 2.24) is 5.01 Å². The molecule has 0 radical (unpaired) electrons. The summed E-state index contributed by atoms with van der Waals surface area (Å²) in [6, 6.07) is 10.5. The second-order valence-electron chi connectivity index (χ2n) is 5.34. The smallest absolute Gasteiger partial charge is 0.286 e. The van der Waals surface area contributed by atoms with Crippen LogP contribution in [0.4, 0.5) is 0 Å². The predicted molar refractivity (Wildman–Crippen MR) is 119 cm³/mol. The normalized spacial score (nSPS) is 16.0. The molecule has 5 nitrogen and oxygen atoms in total. The molecule has 0 saturated carbocycles. The Balaban J connectivity index is 1.83. The number of thiocarbonyl (C=S) groups is 1. The Morgan fingerprint density at radius 3 is 2.74 bits per heavy atom. The fourth-order valence-corrected chi connectivity index (χ4v) is 4.34. The molecular weight excluding hydrogens is 516 g/mol. The lowest BCUT2D eigenvalue weighted by Crippen LogP contribution is -2.22. The first-order valence-electron chi connectivity index (χ1n) is 7.53. The molecule has 3 rings (SSSR count). The second kappa shape index (κ2) is 8.55. The maximum absolute atomic E-state index is 12.6. The van der Waals surface area contributed by atoms with Gasteiger partial charge in [-0.1, -0.05) is 33.8 Å². The van der Waals surface area contributed by atoms with E-state index in [0.29, 0.717) is 20.5 Å². The van der Waals surface area contributed by atoms with Gasteiger partial charge in [0, 0.05) is 10.0 Å². The highest BCUT2D eigenvalue weighted by Gasteiger charge is 2.32. The van der Waals surface area contributed by atoms with Crippen molar-refractivity contribution in [2.45, 2.75) is 0 Å². The topological polar surface area (TPSA) is 62.1 Å². The van der Waals surface area contributed by atoms with Crippen LogP contribution in [0.3, 0.4) is 0 Å². The van der Waals surface area contributed by atoms with E-state index < -0.39 is 0 Å². The quantitative estimate of drug-likeness (QED) is 0.338. The Morgan fingerprint density at radius 1 is 1.26 bits per heavy atom. The minimum Gasteiger partial charge on any atom is -0.507 e. The molecule has 138 valence electrons. The van der Waals surface area contributed by atoms with Gasteiger partial charge in [-0.2, -0.15) is 10.1 Å². The third-order valence-electron chi connectivity index (χ3n) is 3.55. The van der Waals surface area contributed by atoms with Gasteiger partial charge >= 0.3 is 0 Å². The zero-order chi connectivity index (χ0) is 19.6. The third kappa shape index (κ3) is 4.60. The largest absolute Gasteiger partial charge is 0.507 e. The summed E-state index contributed by atoms with van der Waals surface area (Å²) in [7, 11) is 1.59. The molecule has 1 amide bonds. The number of benzene rings is 2. The van der Waals surface area contributed by atoms with E-state index in [0.717, 1.165) is 19.5 Å². The SMILES string of the molecule is COc1ccc(C=C2SC(=S)N(N=Cc3cc(Br)ccc3O)C2=O)cc1Br. The summed E-state index contributed by atoms with van der Waals surface area (Å²) in [5.41, 5.74) is 1.30. The number of hydrazone groups is 1. The van der Waals surface area contributed by atoms with Crippen molar-refractivity contribution in [2.75, 3.05) is 7.11 Å². The zero-order valence-electron chi connectivity index (χ0n) is 13.8. The highest BCUT2D eigenvalue weighted by Crippen LogP contribution is 2.34. The molecule has 1 fully saturated rings. The van der Waals surface area contributed by atoms with Gasteiger partial charge in [0.15, 0.2) is 4.32 Å². The molecule has 0 unspecified atom stereocenters. The molecule has 2 aromatic carbocycles. The number of amides is 1. The van der Waals surface area contributed by atoms with Crippen LogP contribution in [0, 0.1) is 0 Å². The van der Waals surface area contributed by atoms with E-state index in [1.807, 2.05) is 18.2 Å². The van der Waals surface area contributed by atoms with E-state index in [9.17, 15) is 9.90 Å². The number of phenolic OH excluding ortho intramolecular Hbond substituents is 1. The molecule has 1 saturated heterocycles. The van der Waals surface area contributed by atoms with Gasteiger partial charge in [0.05, 0.1) is 22.7 Å². The number of phenols is 1. The second-order valence-corrected chi connectivity index (χ2v) is 8.78. The minimum absolute atomic E-state index is 0.0611. The van der Waals surface area contributed by atoms with Gasteiger partial charge in [0.2, 0.25) is 0 Å². The summed E-state index contributed by atoms with van der Waals surface area (Å²) >= 11 is 13.2. The van der Waals surface area contributed by atoms with Crippen molar-refractivity contribution in [1.29, 1.82) is 0 Å². The van der Waals surface area contributed by atoms with E-state index in [4.69, 9.17) is 17.0 Å². The van der Waals surface area contributed by atoms with Crippen LogP contribution in [-0.4, -0.2) is 33.7 Å². The Bertz CT molecular complexity index is 993. The number of nitrogens with zero attached hydrogens (tertiary/aromatic N) is 2. The number of methoxy groups -OCH3 is 1. The maximum atomic E-state index is 12.6. The number of rotatable bonds is 4. The Labute approximate surface area is 182 Å². The highest BCUT2D eigenvalue weighted by molar-refractivity contribution is 9.10. The van der Waals surface area contributed by atoms with Crippen LogP contribution >= 0.6 is 55.8 Å². The van der Waals surface area contributed by atoms with Crippen molar-refractivity contribution >= 4 is 78.4 Å². The molecule has 1 heterocycles. The molecule has 0 bridgehead atoms. The molecule has 1 N–H and O–H groups in total. The van der Waals surface area contributed by atoms with Gasteiger partial charge in [0.1, 0.15) is 11.5 Å². The van der Waals surface area contributed by atoms with E-state index >= 15 is 0 Å². The number of halogens is 2. The lowest BCUT2D eigenvalue weighted by molar-refractivity contribution is -0.122. The van der Waals surface area contributed by atoms with Crippen LogP contribution in [0.25, 0.3) is 6.08 Å². The average Bonchev–Trinajstić information content (AvgIpc) is 2.89. The van der Waals surface area contributed by atoms with Gasteiger partial charge in [0.25, 0.3) is 5.91 Å². The van der Waals surface area contributed by atoms with Crippen LogP contribution in [0.15, 0.2) is 55.4 Å². The molecule has 9 heteroatoms. The predicted octanol–water partition coefficient (Wildman–Crippen LogP) is 5.16. The Hall–Kier alpha value is -1.68. The monoisotopic (exact) mass is 526 g/mol. The molecule has 1 aliphatic heterocycles. The van der Waals surface area contributed by atoms with Crippen molar-refractivity contribution in [2.24, 2.45) is 5.10 Å². The van der Waals surface area contributed by atoms with Crippen LogP contribution in [0.2, 0.25) is 0 Å². The number of ether oxygens (including phenoxy) is 1. The Kier molecular flexibility index (Phi) is 6.36. The van der Waals surface area contributed by atoms with Gasteiger partial charge in [-0.05, 0) is 70.1 Å². The van der Waals surface area contributed by atoms with Gasteiger partial charge in [-0.25, -0.2) is 0 Å². The van der Waals surface area contributed by atoms with Crippen LogP contribution in [0.1, 0.15) is 11.1 Å². The van der Waals surface area contributed by atoms with Crippen molar-refractivity contribution in [3.63, 3.8) is 0 Å². The third-order valence-corrected chi connectivity index (χ3v) is 5.94. The molecule has 0 atom stereocenters. The van der Waals surface area contributed by atoms with E-state index in [1.165, 1.54) is 24.0 Å². The van der Waals surface area contributed by atoms with Crippen LogP contribution in [-0.2, 0) is 4.79 Å². The molecular formula is C18H12Br2N2O3S2. The zero-order valence-corrected chi connectivity index (χ0v) is 18.7. The van der Waals surface area contributed by atoms with E-state index in [1.54, 1.807) is 25.3 Å². The maximum Gasteiger partial charge on any atom is 0.286 e. The lowest BCUT2D eigenvalue weighted by atomic mass is 10.2. The number of hydrogen-bond donors (Lipinski definition) is 1. The summed E-state index contributed by atoms with van der Waals surface area (Å²) in [4.78, 5) is 13.1. The summed E-state index contributed by atoms with van der Waals surface area (Å²) in [5.74, 6) is 0.451. The first kappa shape index (κ1) is 20.1. The van der Waals surface area contributed by atoms with Crippen molar-refractivity contribution in [3.05, 3.63) is 61.4 Å². The van der Waals surface area contributed by atoms with Crippen LogP contribution < -0.4 is 4.74 Å². The number of carbonyl (C=O) groups is 1. The summed E-state index contributed by atoms with van der Waals surface area (Å²) < 4.78 is 7.11. The van der Waals surface area contributed by atoms with Gasteiger partial charge in [-0.15, -0.1) is 0 Å². The highest BCUT2D eigenvalue weighted by atomic mass is 79.9. The molecule has 27 heavy (non-hydrogen) atoms. The minimum atomic E-state index is -0.317. The van der Waals surface area contributed by atoms with E-state index in [2.05, 4.69) is 37.0 Å². The van der Waals surface area contributed by atoms with Crippen LogP contribution in [0.5, 0.6) is 11.5 Å². The fourth-order valence-electron chi connectivity index (χ4n) is 2.23. The molecule has 0 aromatic heterocycles. The van der Waals surface area contributed by atoms with E-state index in [-0.39, 0.29) is 11.7 Å². The first-order valence-corrected chi connectivity index (χ1v) is 10.3. The summed E-state index contributed by atoms with van der Waals surface area (Å²) in [6.07, 6.45) is 3.15. The fraction of sp³-hybridized carbons (Fsp3) is 0.0556. The molecule has 0 aliphatic carbocycles. The molecule has 0 spiro atoms. The number of thioether (sulfide) groups is 1. The summed E-state index contributed by atoms with van der Waals surface area (Å²) in [5, 5.41) is 15.2. The molecule has 1 aliphatic rings.